The number of nitrogens with one attached hydrogen (secondary N) is 1. The summed E-state index contributed by atoms with van der Waals surface area (Å²) in [5, 5.41) is 3.05. The van der Waals surface area contributed by atoms with Gasteiger partial charge in [-0.3, -0.25) is 9.59 Å². The van der Waals surface area contributed by atoms with Crippen LogP contribution in [0.1, 0.15) is 35.2 Å². The van der Waals surface area contributed by atoms with Gasteiger partial charge in [0.15, 0.2) is 0 Å². The molecule has 5 rings (SSSR count). The van der Waals surface area contributed by atoms with Crippen molar-refractivity contribution in [2.24, 2.45) is 0 Å². The largest absolute Gasteiger partial charge is 0.339 e. The smallest absolute Gasteiger partial charge is 0.255 e. The lowest BCUT2D eigenvalue weighted by atomic mass is 10.1. The van der Waals surface area contributed by atoms with Gasteiger partial charge in [0.1, 0.15) is 0 Å². The van der Waals surface area contributed by atoms with Crippen LogP contribution in [0.3, 0.4) is 0 Å². The lowest BCUT2D eigenvalue weighted by Crippen LogP contribution is -2.30. The molecule has 168 valence electrons. The van der Waals surface area contributed by atoms with Crippen molar-refractivity contribution in [1.29, 1.82) is 0 Å². The Morgan fingerprint density at radius 1 is 0.879 bits per heavy atom. The van der Waals surface area contributed by atoms with E-state index >= 15 is 0 Å². The van der Waals surface area contributed by atoms with Crippen LogP contribution < -0.4 is 10.2 Å². The average molecular weight is 458 g/mol. The van der Waals surface area contributed by atoms with Crippen LogP contribution in [0.4, 0.5) is 17.1 Å². The monoisotopic (exact) mass is 457 g/mol. The van der Waals surface area contributed by atoms with E-state index in [1.165, 1.54) is 9.79 Å². The van der Waals surface area contributed by atoms with E-state index in [1.807, 2.05) is 54.3 Å². The number of carbonyl (C=O) groups is 2. The number of nitrogens with zero attached hydrogens (tertiary/aromatic N) is 2. The van der Waals surface area contributed by atoms with Gasteiger partial charge in [0.25, 0.3) is 5.91 Å². The lowest BCUT2D eigenvalue weighted by Gasteiger charge is -2.32. The number of carbonyl (C=O) groups excluding carboxylic acids is 2. The number of benzene rings is 3. The zero-order valence-corrected chi connectivity index (χ0v) is 19.5. The molecule has 5 nitrogen and oxygen atoms in total. The van der Waals surface area contributed by atoms with Crippen LogP contribution in [-0.2, 0) is 4.79 Å². The summed E-state index contributed by atoms with van der Waals surface area (Å²) in [4.78, 5) is 32.6. The predicted octanol–water partition coefficient (Wildman–Crippen LogP) is 5.86. The topological polar surface area (TPSA) is 52.7 Å². The number of hydrogen-bond donors (Lipinski definition) is 1. The van der Waals surface area contributed by atoms with Gasteiger partial charge < -0.3 is 15.1 Å². The predicted molar refractivity (Wildman–Crippen MR) is 134 cm³/mol. The molecule has 0 aromatic heterocycles. The highest BCUT2D eigenvalue weighted by atomic mass is 32.2. The second kappa shape index (κ2) is 9.32. The summed E-state index contributed by atoms with van der Waals surface area (Å²) in [6.07, 6.45) is 2.39. The average Bonchev–Trinajstić information content (AvgIpc) is 3.37. The Bertz CT molecular complexity index is 1160. The third-order valence-electron chi connectivity index (χ3n) is 6.26. The molecule has 1 fully saturated rings. The standard InChI is InChI=1S/C27H27N3O2S/c1-19-9-8-10-20(27(32)29-16-6-7-17-29)26(19)28-25(31)15-18-30-21-11-2-4-13-23(21)33-24-14-5-3-12-22(24)30/h2-5,8-14H,6-7,15-18H2,1H3,(H,28,31). The molecule has 0 aliphatic carbocycles. The second-order valence-corrected chi connectivity index (χ2v) is 9.57. The summed E-state index contributed by atoms with van der Waals surface area (Å²) in [6, 6.07) is 22.2. The van der Waals surface area contributed by atoms with E-state index in [9.17, 15) is 9.59 Å². The van der Waals surface area contributed by atoms with E-state index in [4.69, 9.17) is 0 Å². The van der Waals surface area contributed by atoms with Gasteiger partial charge in [-0.15, -0.1) is 0 Å². The number of likely N-dealkylation sites (tertiary alicyclic amines) is 1. The molecule has 2 aliphatic heterocycles. The molecule has 6 heteroatoms. The normalized spacial score (nSPS) is 14.6. The Labute approximate surface area is 198 Å². The van der Waals surface area contributed by atoms with Crippen molar-refractivity contribution in [3.8, 4) is 0 Å². The van der Waals surface area contributed by atoms with Crippen molar-refractivity contribution in [2.45, 2.75) is 36.0 Å². The summed E-state index contributed by atoms with van der Waals surface area (Å²) in [7, 11) is 0. The maximum atomic E-state index is 13.1. The zero-order chi connectivity index (χ0) is 22.8. The maximum Gasteiger partial charge on any atom is 0.255 e. The fourth-order valence-electron chi connectivity index (χ4n) is 4.54. The van der Waals surface area contributed by atoms with E-state index in [0.29, 0.717) is 24.2 Å². The molecule has 0 radical (unpaired) electrons. The third kappa shape index (κ3) is 4.35. The SMILES string of the molecule is Cc1cccc(C(=O)N2CCCC2)c1NC(=O)CCN1c2ccccc2Sc2ccccc21. The minimum Gasteiger partial charge on any atom is -0.339 e. The lowest BCUT2D eigenvalue weighted by molar-refractivity contribution is -0.116. The van der Waals surface area contributed by atoms with E-state index in [0.717, 1.165) is 42.9 Å². The molecular weight excluding hydrogens is 430 g/mol. The fraction of sp³-hybridized carbons (Fsp3) is 0.259. The maximum absolute atomic E-state index is 13.1. The minimum atomic E-state index is -0.0899. The van der Waals surface area contributed by atoms with E-state index in [2.05, 4.69) is 34.5 Å². The summed E-state index contributed by atoms with van der Waals surface area (Å²) >= 11 is 1.76. The number of amides is 2. The van der Waals surface area contributed by atoms with E-state index < -0.39 is 0 Å². The van der Waals surface area contributed by atoms with Gasteiger partial charge in [-0.2, -0.15) is 0 Å². The molecule has 33 heavy (non-hydrogen) atoms. The van der Waals surface area contributed by atoms with Gasteiger partial charge in [-0.1, -0.05) is 48.2 Å². The van der Waals surface area contributed by atoms with Crippen molar-refractivity contribution in [3.63, 3.8) is 0 Å². The van der Waals surface area contributed by atoms with Crippen molar-refractivity contribution in [1.82, 2.24) is 4.90 Å². The van der Waals surface area contributed by atoms with Gasteiger partial charge in [-0.05, 0) is 55.7 Å². The number of fused-ring (bicyclic) bond motifs is 2. The first kappa shape index (κ1) is 21.6. The molecule has 2 amide bonds. The summed E-state index contributed by atoms with van der Waals surface area (Å²) in [6.45, 7) is 4.06. The number of anilines is 3. The van der Waals surface area contributed by atoms with Crippen LogP contribution in [0.15, 0.2) is 76.5 Å². The van der Waals surface area contributed by atoms with Crippen molar-refractivity contribution < 1.29 is 9.59 Å². The minimum absolute atomic E-state index is 0.00223. The molecule has 1 saturated heterocycles. The first-order chi connectivity index (χ1) is 16.1. The molecule has 0 spiro atoms. The molecular formula is C27H27N3O2S. The number of hydrogen-bond acceptors (Lipinski definition) is 4. The molecule has 0 atom stereocenters. The highest BCUT2D eigenvalue weighted by Crippen LogP contribution is 2.47. The van der Waals surface area contributed by atoms with Crippen LogP contribution in [0, 0.1) is 6.92 Å². The van der Waals surface area contributed by atoms with Crippen LogP contribution in [0.2, 0.25) is 0 Å². The molecule has 2 heterocycles. The molecule has 3 aromatic rings. The first-order valence-corrected chi connectivity index (χ1v) is 12.3. The Morgan fingerprint density at radius 2 is 1.52 bits per heavy atom. The Kier molecular flexibility index (Phi) is 6.09. The highest BCUT2D eigenvalue weighted by molar-refractivity contribution is 7.99. The van der Waals surface area contributed by atoms with Crippen molar-refractivity contribution >= 4 is 40.6 Å². The van der Waals surface area contributed by atoms with Crippen molar-refractivity contribution in [2.75, 3.05) is 29.9 Å². The van der Waals surface area contributed by atoms with Crippen LogP contribution in [0.25, 0.3) is 0 Å². The quantitative estimate of drug-likeness (QED) is 0.521. The molecule has 3 aromatic carbocycles. The molecule has 1 N–H and O–H groups in total. The second-order valence-electron chi connectivity index (χ2n) is 8.48. The van der Waals surface area contributed by atoms with Gasteiger partial charge in [-0.25, -0.2) is 0 Å². The Hall–Kier alpha value is -3.25. The van der Waals surface area contributed by atoms with Crippen molar-refractivity contribution in [3.05, 3.63) is 77.9 Å². The highest BCUT2D eigenvalue weighted by Gasteiger charge is 2.25. The van der Waals surface area contributed by atoms with Gasteiger partial charge >= 0.3 is 0 Å². The fourth-order valence-corrected chi connectivity index (χ4v) is 5.64. The van der Waals surface area contributed by atoms with Gasteiger partial charge in [0.2, 0.25) is 5.91 Å². The summed E-state index contributed by atoms with van der Waals surface area (Å²) in [5.74, 6) is -0.0876. The number of para-hydroxylation sites is 3. The zero-order valence-electron chi connectivity index (χ0n) is 18.7. The van der Waals surface area contributed by atoms with E-state index in [-0.39, 0.29) is 11.8 Å². The van der Waals surface area contributed by atoms with Crippen LogP contribution >= 0.6 is 11.8 Å². The molecule has 2 aliphatic rings. The number of aryl methyl sites for hydroxylation is 1. The number of rotatable bonds is 5. The summed E-state index contributed by atoms with van der Waals surface area (Å²) < 4.78 is 0. The Morgan fingerprint density at radius 3 is 2.18 bits per heavy atom. The van der Waals surface area contributed by atoms with Gasteiger partial charge in [0.05, 0.1) is 22.6 Å². The van der Waals surface area contributed by atoms with Gasteiger partial charge in [0, 0.05) is 35.8 Å². The first-order valence-electron chi connectivity index (χ1n) is 11.4. The van der Waals surface area contributed by atoms with E-state index in [1.54, 1.807) is 11.8 Å². The molecule has 0 saturated carbocycles. The third-order valence-corrected chi connectivity index (χ3v) is 7.39. The van der Waals surface area contributed by atoms with Crippen LogP contribution in [0.5, 0.6) is 0 Å². The summed E-state index contributed by atoms with van der Waals surface area (Å²) in [5.41, 5.74) is 4.35. The van der Waals surface area contributed by atoms with Crippen LogP contribution in [-0.4, -0.2) is 36.3 Å². The molecule has 0 bridgehead atoms. The Balaban J connectivity index is 1.34. The molecule has 0 unspecified atom stereocenters.